The lowest BCUT2D eigenvalue weighted by atomic mass is 9.82. The highest BCUT2D eigenvalue weighted by Crippen LogP contribution is 2.28. The molecule has 0 aliphatic heterocycles. The molecule has 1 saturated carbocycles. The summed E-state index contributed by atoms with van der Waals surface area (Å²) in [5.74, 6) is 0.702. The zero-order valence-corrected chi connectivity index (χ0v) is 11.7. The van der Waals surface area contributed by atoms with Crippen LogP contribution in [0.15, 0.2) is 0 Å². The Morgan fingerprint density at radius 2 is 1.94 bits per heavy atom. The molecule has 3 nitrogen and oxygen atoms in total. The van der Waals surface area contributed by atoms with Gasteiger partial charge in [-0.3, -0.25) is 0 Å². The van der Waals surface area contributed by atoms with Crippen molar-refractivity contribution < 1.29 is 4.79 Å². The number of nitrogens with one attached hydrogen (secondary N) is 1. The zero-order chi connectivity index (χ0) is 12.7. The average molecular weight is 240 g/mol. The zero-order valence-electron chi connectivity index (χ0n) is 11.7. The molecule has 0 unspecified atom stereocenters. The summed E-state index contributed by atoms with van der Waals surface area (Å²) in [7, 11) is 1.89. The van der Waals surface area contributed by atoms with Gasteiger partial charge in [0.1, 0.15) is 0 Å². The third-order valence-electron chi connectivity index (χ3n) is 3.78. The van der Waals surface area contributed by atoms with E-state index in [1.54, 1.807) is 4.90 Å². The lowest BCUT2D eigenvalue weighted by Gasteiger charge is -2.33. The number of urea groups is 1. The molecule has 0 spiro atoms. The van der Waals surface area contributed by atoms with Crippen molar-refractivity contribution in [3.05, 3.63) is 0 Å². The number of hydrogen-bond acceptors (Lipinski definition) is 1. The van der Waals surface area contributed by atoms with Crippen LogP contribution in [0.2, 0.25) is 0 Å². The van der Waals surface area contributed by atoms with Crippen LogP contribution >= 0.6 is 0 Å². The number of amides is 2. The van der Waals surface area contributed by atoms with Crippen molar-refractivity contribution in [1.82, 2.24) is 10.2 Å². The Labute approximate surface area is 106 Å². The molecule has 2 atom stereocenters. The van der Waals surface area contributed by atoms with E-state index in [2.05, 4.69) is 19.2 Å². The molecule has 2 amide bonds. The fraction of sp³-hybridized carbons (Fsp3) is 0.929. The van der Waals surface area contributed by atoms with E-state index in [1.165, 1.54) is 32.1 Å². The van der Waals surface area contributed by atoms with Gasteiger partial charge in [0.2, 0.25) is 0 Å². The van der Waals surface area contributed by atoms with Gasteiger partial charge in [0.15, 0.2) is 0 Å². The second-order valence-electron chi connectivity index (χ2n) is 5.31. The number of carbonyl (C=O) groups excluding carboxylic acids is 1. The van der Waals surface area contributed by atoms with Gasteiger partial charge in [-0.05, 0) is 31.6 Å². The summed E-state index contributed by atoms with van der Waals surface area (Å²) in [6, 6.07) is 0.523. The lowest BCUT2D eigenvalue weighted by Crippen LogP contribution is -2.47. The second-order valence-corrected chi connectivity index (χ2v) is 5.31. The number of hydrogen-bond donors (Lipinski definition) is 1. The van der Waals surface area contributed by atoms with Crippen molar-refractivity contribution in [2.24, 2.45) is 5.92 Å². The van der Waals surface area contributed by atoms with E-state index in [0.29, 0.717) is 12.0 Å². The van der Waals surface area contributed by atoms with Crippen LogP contribution in [-0.4, -0.2) is 30.6 Å². The van der Waals surface area contributed by atoms with Crippen LogP contribution in [0.25, 0.3) is 0 Å². The summed E-state index contributed by atoms with van der Waals surface area (Å²) >= 11 is 0. The monoisotopic (exact) mass is 240 g/mol. The van der Waals surface area contributed by atoms with Gasteiger partial charge in [0.25, 0.3) is 0 Å². The van der Waals surface area contributed by atoms with Gasteiger partial charge in [0, 0.05) is 19.6 Å². The normalized spacial score (nSPS) is 24.4. The molecule has 1 aliphatic rings. The molecule has 0 aromatic heterocycles. The Bertz CT molecular complexity index is 228. The van der Waals surface area contributed by atoms with Crippen molar-refractivity contribution in [1.29, 1.82) is 0 Å². The van der Waals surface area contributed by atoms with Crippen LogP contribution in [-0.2, 0) is 0 Å². The molecule has 1 rings (SSSR count). The minimum Gasteiger partial charge on any atom is -0.335 e. The minimum absolute atomic E-state index is 0.111. The van der Waals surface area contributed by atoms with E-state index in [9.17, 15) is 4.79 Å². The van der Waals surface area contributed by atoms with Crippen molar-refractivity contribution in [3.8, 4) is 0 Å². The first-order chi connectivity index (χ1) is 8.19. The molecule has 1 N–H and O–H groups in total. The highest BCUT2D eigenvalue weighted by atomic mass is 16.2. The van der Waals surface area contributed by atoms with E-state index >= 15 is 0 Å². The number of rotatable bonds is 5. The molecule has 3 heteroatoms. The number of carbonyl (C=O) groups is 1. The van der Waals surface area contributed by atoms with Crippen LogP contribution in [0.1, 0.15) is 58.8 Å². The molecule has 0 radical (unpaired) electrons. The summed E-state index contributed by atoms with van der Waals surface area (Å²) in [5.41, 5.74) is 0. The maximum Gasteiger partial charge on any atom is 0.317 e. The Balaban J connectivity index is 2.43. The highest BCUT2D eigenvalue weighted by Gasteiger charge is 2.26. The molecule has 100 valence electrons. The summed E-state index contributed by atoms with van der Waals surface area (Å²) in [5, 5.41) is 3.23. The first-order valence-corrected chi connectivity index (χ1v) is 7.20. The van der Waals surface area contributed by atoms with Crippen LogP contribution in [0.3, 0.4) is 0 Å². The van der Waals surface area contributed by atoms with Crippen molar-refractivity contribution in [2.45, 2.75) is 64.8 Å². The third kappa shape index (κ3) is 4.57. The molecule has 17 heavy (non-hydrogen) atoms. The molecule has 1 fully saturated rings. The van der Waals surface area contributed by atoms with Crippen LogP contribution in [0.4, 0.5) is 4.79 Å². The fourth-order valence-corrected chi connectivity index (χ4v) is 2.82. The number of nitrogens with zero attached hydrogens (tertiary/aromatic N) is 1. The SMILES string of the molecule is CCC[C@H]1CCCC[C@H]1NC(=O)N(C)CCC. The maximum atomic E-state index is 12.0. The van der Waals surface area contributed by atoms with Gasteiger partial charge in [-0.2, -0.15) is 0 Å². The largest absolute Gasteiger partial charge is 0.335 e. The van der Waals surface area contributed by atoms with E-state index in [0.717, 1.165) is 19.4 Å². The van der Waals surface area contributed by atoms with Gasteiger partial charge >= 0.3 is 6.03 Å². The molecule has 0 saturated heterocycles. The maximum absolute atomic E-state index is 12.0. The fourth-order valence-electron chi connectivity index (χ4n) is 2.82. The summed E-state index contributed by atoms with van der Waals surface area (Å²) in [4.78, 5) is 13.8. The van der Waals surface area contributed by atoms with E-state index < -0.39 is 0 Å². The Kier molecular flexibility index (Phi) is 6.38. The smallest absolute Gasteiger partial charge is 0.317 e. The van der Waals surface area contributed by atoms with Gasteiger partial charge < -0.3 is 10.2 Å². The quantitative estimate of drug-likeness (QED) is 0.785. The molecule has 1 aliphatic carbocycles. The van der Waals surface area contributed by atoms with Crippen molar-refractivity contribution >= 4 is 6.03 Å². The topological polar surface area (TPSA) is 32.3 Å². The highest BCUT2D eigenvalue weighted by molar-refractivity contribution is 5.74. The van der Waals surface area contributed by atoms with Crippen LogP contribution in [0, 0.1) is 5.92 Å². The van der Waals surface area contributed by atoms with Crippen LogP contribution in [0.5, 0.6) is 0 Å². The Morgan fingerprint density at radius 1 is 1.24 bits per heavy atom. The van der Waals surface area contributed by atoms with Crippen LogP contribution < -0.4 is 5.32 Å². The van der Waals surface area contributed by atoms with Crippen molar-refractivity contribution in [3.63, 3.8) is 0 Å². The first kappa shape index (κ1) is 14.3. The van der Waals surface area contributed by atoms with Gasteiger partial charge in [-0.15, -0.1) is 0 Å². The predicted molar refractivity (Wildman–Crippen MR) is 72.1 cm³/mol. The second kappa shape index (κ2) is 7.57. The Hall–Kier alpha value is -0.730. The molecular formula is C14H28N2O. The van der Waals surface area contributed by atoms with E-state index in [-0.39, 0.29) is 6.03 Å². The van der Waals surface area contributed by atoms with Gasteiger partial charge in [0.05, 0.1) is 0 Å². The molecule has 0 aromatic carbocycles. The van der Waals surface area contributed by atoms with Crippen molar-refractivity contribution in [2.75, 3.05) is 13.6 Å². The van der Waals surface area contributed by atoms with E-state index in [1.807, 2.05) is 7.05 Å². The van der Waals surface area contributed by atoms with Gasteiger partial charge in [-0.25, -0.2) is 4.79 Å². The molecular weight excluding hydrogens is 212 g/mol. The summed E-state index contributed by atoms with van der Waals surface area (Å²) in [6.45, 7) is 5.18. The summed E-state index contributed by atoms with van der Waals surface area (Å²) in [6.07, 6.45) is 8.55. The standard InChI is InChI=1S/C14H28N2O/c1-4-8-12-9-6-7-10-13(12)15-14(17)16(3)11-5-2/h12-13H,4-11H2,1-3H3,(H,15,17)/t12-,13+/m0/s1. The van der Waals surface area contributed by atoms with E-state index in [4.69, 9.17) is 0 Å². The Morgan fingerprint density at radius 3 is 2.59 bits per heavy atom. The minimum atomic E-state index is 0.111. The molecule has 0 aromatic rings. The lowest BCUT2D eigenvalue weighted by molar-refractivity contribution is 0.186. The predicted octanol–water partition coefficient (Wildman–Crippen LogP) is 3.40. The third-order valence-corrected chi connectivity index (χ3v) is 3.78. The molecule has 0 bridgehead atoms. The molecule has 0 heterocycles. The first-order valence-electron chi connectivity index (χ1n) is 7.20. The average Bonchev–Trinajstić information content (AvgIpc) is 2.32. The summed E-state index contributed by atoms with van der Waals surface area (Å²) < 4.78 is 0. The van der Waals surface area contributed by atoms with Gasteiger partial charge in [-0.1, -0.05) is 33.1 Å².